The van der Waals surface area contributed by atoms with Crippen molar-refractivity contribution in [3.05, 3.63) is 125 Å². The maximum Gasteiger partial charge on any atom is 0.356 e. The van der Waals surface area contributed by atoms with Gasteiger partial charge in [0.1, 0.15) is 12.4 Å². The van der Waals surface area contributed by atoms with Crippen LogP contribution < -0.4 is 15.4 Å². The highest BCUT2D eigenvalue weighted by atomic mass is 16.7. The van der Waals surface area contributed by atoms with Crippen LogP contribution in [0.15, 0.2) is 103 Å². The summed E-state index contributed by atoms with van der Waals surface area (Å²) in [5.74, 6) is -5.78. The van der Waals surface area contributed by atoms with Crippen molar-refractivity contribution in [3.63, 3.8) is 0 Å². The predicted octanol–water partition coefficient (Wildman–Crippen LogP) is 7.16. The summed E-state index contributed by atoms with van der Waals surface area (Å²) in [6.07, 6.45) is 7.22. The van der Waals surface area contributed by atoms with Crippen molar-refractivity contribution in [1.82, 2.24) is 0 Å². The fraction of sp³-hybridized carbons (Fsp3) is 0.348. The van der Waals surface area contributed by atoms with Crippen molar-refractivity contribution >= 4 is 47.1 Å². The molecule has 0 heterocycles. The predicted molar refractivity (Wildman–Crippen MR) is 214 cm³/mol. The Morgan fingerprint density at radius 3 is 1.39 bits per heavy atom. The quantitative estimate of drug-likeness (QED) is 0.0979. The zero-order valence-corrected chi connectivity index (χ0v) is 32.9. The Morgan fingerprint density at radius 2 is 0.983 bits per heavy atom. The molecule has 4 aromatic carbocycles. The van der Waals surface area contributed by atoms with Crippen LogP contribution in [0.25, 0.3) is 0 Å². The molecule has 0 aliphatic heterocycles. The molecular formula is C46H46N2O11. The van der Waals surface area contributed by atoms with Gasteiger partial charge in [-0.25, -0.2) is 19.2 Å². The molecule has 3 fully saturated rings. The van der Waals surface area contributed by atoms with Gasteiger partial charge in [-0.1, -0.05) is 68.1 Å². The molecule has 13 nitrogen and oxygen atoms in total. The Bertz CT molecular complexity index is 2070. The average Bonchev–Trinajstić information content (AvgIpc) is 3.77. The summed E-state index contributed by atoms with van der Waals surface area (Å²) < 4.78 is 28.4. The molecule has 2 amide bonds. The molecule has 3 aliphatic rings. The first-order valence-corrected chi connectivity index (χ1v) is 19.8. The van der Waals surface area contributed by atoms with Crippen LogP contribution in [-0.4, -0.2) is 61.1 Å². The van der Waals surface area contributed by atoms with E-state index in [-0.39, 0.29) is 46.9 Å². The zero-order valence-electron chi connectivity index (χ0n) is 32.9. The standard InChI is InChI=1S/C46H46N2O11/c1-55-43(53)45(58-41(51)33-16-22-35(23-17-33)47-39(49)31-12-6-7-13-31)38(30-20-26-37(27-21-30)57-28-29-10-4-3-5-11-29)46(45,44(54)56-2)59-42(52)34-18-24-36(25-19-34)48-40(50)32-14-8-9-15-32/h3-5,10-11,16-27,31-32,38H,6-9,12-15,28H2,1-2H3,(H,47,49)(H,48,50). The summed E-state index contributed by atoms with van der Waals surface area (Å²) in [6.45, 7) is 0.267. The minimum atomic E-state index is -2.56. The SMILES string of the molecule is COC(=O)C1(OC(=O)c2ccc(NC(=O)C3CCCC3)cc2)C(c2ccc(OCc3ccccc3)cc2)C1(OC(=O)c1ccc(NC(=O)C2CCCC2)cc1)C(=O)OC. The van der Waals surface area contributed by atoms with E-state index in [0.29, 0.717) is 17.1 Å². The van der Waals surface area contributed by atoms with Gasteiger partial charge in [-0.3, -0.25) is 9.59 Å². The van der Waals surface area contributed by atoms with Gasteiger partial charge in [0.15, 0.2) is 0 Å². The number of carbonyl (C=O) groups is 6. The summed E-state index contributed by atoms with van der Waals surface area (Å²) in [5.41, 5.74) is -3.05. The summed E-state index contributed by atoms with van der Waals surface area (Å²) in [7, 11) is 2.11. The average molecular weight is 803 g/mol. The van der Waals surface area contributed by atoms with Crippen LogP contribution in [0.4, 0.5) is 11.4 Å². The van der Waals surface area contributed by atoms with E-state index in [2.05, 4.69) is 10.6 Å². The number of nitrogens with one attached hydrogen (secondary N) is 2. The Kier molecular flexibility index (Phi) is 12.1. The second kappa shape index (κ2) is 17.6. The molecule has 59 heavy (non-hydrogen) atoms. The van der Waals surface area contributed by atoms with Crippen LogP contribution in [0.5, 0.6) is 5.75 Å². The van der Waals surface area contributed by atoms with Crippen LogP contribution in [0.2, 0.25) is 0 Å². The Balaban J connectivity index is 1.19. The number of benzene rings is 4. The lowest BCUT2D eigenvalue weighted by Crippen LogP contribution is -2.47. The van der Waals surface area contributed by atoms with Gasteiger partial charge in [-0.05, 0) is 97.5 Å². The van der Waals surface area contributed by atoms with Crippen LogP contribution in [0.1, 0.15) is 89.1 Å². The van der Waals surface area contributed by atoms with Crippen molar-refractivity contribution in [2.75, 3.05) is 24.9 Å². The molecule has 2 N–H and O–H groups in total. The molecule has 4 aromatic rings. The Labute approximate surface area is 341 Å². The van der Waals surface area contributed by atoms with E-state index in [9.17, 15) is 28.8 Å². The molecule has 0 saturated heterocycles. The van der Waals surface area contributed by atoms with E-state index < -0.39 is 41.0 Å². The van der Waals surface area contributed by atoms with Gasteiger partial charge >= 0.3 is 23.9 Å². The third kappa shape index (κ3) is 8.27. The third-order valence-corrected chi connectivity index (χ3v) is 11.5. The van der Waals surface area contributed by atoms with Gasteiger partial charge in [0.2, 0.25) is 11.8 Å². The first kappa shape index (κ1) is 40.7. The first-order chi connectivity index (χ1) is 28.6. The number of carbonyl (C=O) groups excluding carboxylic acids is 6. The maximum absolute atomic E-state index is 14.1. The lowest BCUT2D eigenvalue weighted by atomic mass is 10.1. The summed E-state index contributed by atoms with van der Waals surface area (Å²) >= 11 is 0. The Hall–Kier alpha value is -6.50. The molecule has 7 rings (SSSR count). The van der Waals surface area contributed by atoms with E-state index in [1.165, 1.54) is 48.5 Å². The zero-order chi connectivity index (χ0) is 41.6. The van der Waals surface area contributed by atoms with Crippen molar-refractivity contribution in [2.24, 2.45) is 11.8 Å². The van der Waals surface area contributed by atoms with Crippen molar-refractivity contribution in [3.8, 4) is 5.75 Å². The molecule has 2 atom stereocenters. The number of hydrogen-bond acceptors (Lipinski definition) is 11. The monoisotopic (exact) mass is 802 g/mol. The number of anilines is 2. The number of rotatable bonds is 14. The number of ether oxygens (including phenoxy) is 5. The van der Waals surface area contributed by atoms with Gasteiger partial charge in [-0.2, -0.15) is 0 Å². The van der Waals surface area contributed by atoms with Gasteiger partial charge in [0.25, 0.3) is 11.2 Å². The molecule has 3 saturated carbocycles. The molecular weight excluding hydrogens is 757 g/mol. The van der Waals surface area contributed by atoms with Crippen molar-refractivity contribution < 1.29 is 52.5 Å². The van der Waals surface area contributed by atoms with Crippen molar-refractivity contribution in [1.29, 1.82) is 0 Å². The topological polar surface area (TPSA) is 173 Å². The molecule has 0 radical (unpaired) electrons. The third-order valence-electron chi connectivity index (χ3n) is 11.5. The number of amides is 2. The van der Waals surface area contributed by atoms with Crippen LogP contribution >= 0.6 is 0 Å². The fourth-order valence-electron chi connectivity index (χ4n) is 8.24. The summed E-state index contributed by atoms with van der Waals surface area (Å²) in [5, 5.41) is 5.75. The molecule has 0 bridgehead atoms. The van der Waals surface area contributed by atoms with Crippen LogP contribution in [0, 0.1) is 11.8 Å². The molecule has 0 aromatic heterocycles. The fourth-order valence-corrected chi connectivity index (χ4v) is 8.24. The van der Waals surface area contributed by atoms with E-state index >= 15 is 0 Å². The van der Waals surface area contributed by atoms with E-state index in [4.69, 9.17) is 23.7 Å². The molecule has 3 aliphatic carbocycles. The highest BCUT2D eigenvalue weighted by Gasteiger charge is 2.93. The minimum Gasteiger partial charge on any atom is -0.489 e. The minimum absolute atomic E-state index is 0.0252. The van der Waals surface area contributed by atoms with Gasteiger partial charge in [0, 0.05) is 23.2 Å². The smallest absolute Gasteiger partial charge is 0.356 e. The normalized spacial score (nSPS) is 21.2. The number of methoxy groups -OCH3 is 2. The lowest BCUT2D eigenvalue weighted by molar-refractivity contribution is -0.170. The summed E-state index contributed by atoms with van der Waals surface area (Å²) in [4.78, 5) is 81.7. The molecule has 0 spiro atoms. The van der Waals surface area contributed by atoms with Crippen molar-refractivity contribution in [2.45, 2.75) is 75.1 Å². The van der Waals surface area contributed by atoms with Gasteiger partial charge in [0.05, 0.1) is 31.3 Å². The summed E-state index contributed by atoms with van der Waals surface area (Å²) in [6, 6.07) is 27.6. The second-order valence-corrected chi connectivity index (χ2v) is 15.1. The van der Waals surface area contributed by atoms with E-state index in [0.717, 1.165) is 71.1 Å². The Morgan fingerprint density at radius 1 is 0.559 bits per heavy atom. The maximum atomic E-state index is 14.1. The lowest BCUT2D eigenvalue weighted by Gasteiger charge is -2.22. The highest BCUT2D eigenvalue weighted by molar-refractivity contribution is 6.08. The van der Waals surface area contributed by atoms with Gasteiger partial charge in [-0.15, -0.1) is 0 Å². The highest BCUT2D eigenvalue weighted by Crippen LogP contribution is 2.67. The molecule has 13 heteroatoms. The number of esters is 4. The van der Waals surface area contributed by atoms with Crippen LogP contribution in [0.3, 0.4) is 0 Å². The largest absolute Gasteiger partial charge is 0.489 e. The molecule has 2 unspecified atom stereocenters. The number of hydrogen-bond donors (Lipinski definition) is 2. The van der Waals surface area contributed by atoms with E-state index in [1.54, 1.807) is 24.3 Å². The second-order valence-electron chi connectivity index (χ2n) is 15.1. The van der Waals surface area contributed by atoms with Gasteiger partial charge < -0.3 is 34.3 Å². The molecule has 306 valence electrons. The van der Waals surface area contributed by atoms with Crippen LogP contribution in [-0.2, 0) is 44.7 Å². The van der Waals surface area contributed by atoms with E-state index in [1.807, 2.05) is 30.3 Å². The first-order valence-electron chi connectivity index (χ1n) is 19.8.